The van der Waals surface area contributed by atoms with Crippen LogP contribution in [0.15, 0.2) is 313 Å². The van der Waals surface area contributed by atoms with Crippen molar-refractivity contribution in [1.29, 1.82) is 0 Å². The largest absolute Gasteiger partial charge is 0.455 e. The van der Waals surface area contributed by atoms with Gasteiger partial charge in [-0.2, -0.15) is 0 Å². The molecule has 95 heavy (non-hydrogen) atoms. The van der Waals surface area contributed by atoms with E-state index >= 15 is 0 Å². The molecule has 0 saturated heterocycles. The highest BCUT2D eigenvalue weighted by Crippen LogP contribution is 2.66. The highest BCUT2D eigenvalue weighted by Gasteiger charge is 2.53. The van der Waals surface area contributed by atoms with E-state index < -0.39 is 31.6 Å². The van der Waals surface area contributed by atoms with Gasteiger partial charge in [-0.05, 0) is 218 Å². The molecule has 0 unspecified atom stereocenters. The zero-order chi connectivity index (χ0) is 65.0. The van der Waals surface area contributed by atoms with Crippen LogP contribution in [-0.4, -0.2) is 34.9 Å². The number of para-hydroxylation sites is 3. The second-order valence-corrected chi connectivity index (χ2v) is 42.8. The fourth-order valence-corrected chi connectivity index (χ4v) is 18.3. The third-order valence-corrected chi connectivity index (χ3v) is 25.5. The number of furan rings is 1. The van der Waals surface area contributed by atoms with Crippen molar-refractivity contribution < 1.29 is 4.42 Å². The Kier molecular flexibility index (Phi) is 14.5. The molecule has 0 N–H and O–H groups in total. The van der Waals surface area contributed by atoms with Crippen LogP contribution in [0, 0.1) is 0 Å². The maximum absolute atomic E-state index is 7.81. The van der Waals surface area contributed by atoms with E-state index in [4.69, 9.17) is 4.42 Å². The van der Waals surface area contributed by atoms with Crippen LogP contribution < -0.4 is 25.1 Å². The molecule has 464 valence electrons. The molecule has 7 heteroatoms. The van der Waals surface area contributed by atoms with Crippen LogP contribution >= 0.6 is 10.0 Å². The number of nitrogens with zero attached hydrogens (tertiary/aromatic N) is 3. The lowest BCUT2D eigenvalue weighted by Gasteiger charge is -2.31. The van der Waals surface area contributed by atoms with Gasteiger partial charge in [-0.15, -0.1) is 0 Å². The first-order valence-corrected chi connectivity index (χ1v) is 43.0. The fraction of sp³-hybridized carbons (Fsp3) is 0.114. The minimum absolute atomic E-state index is 0.719. The molecule has 1 spiro atoms. The molecular formula is C88H77N3OSSi2. The van der Waals surface area contributed by atoms with E-state index in [1.807, 2.05) is 0 Å². The molecule has 14 aromatic rings. The average Bonchev–Trinajstić information content (AvgIpc) is 1.50. The molecule has 1 aromatic heterocycles. The first-order valence-electron chi connectivity index (χ1n) is 33.1. The Morgan fingerprint density at radius 1 is 0.305 bits per heavy atom. The lowest BCUT2D eigenvalue weighted by atomic mass is 9.69. The van der Waals surface area contributed by atoms with Crippen LogP contribution in [0.25, 0.3) is 66.4 Å². The van der Waals surface area contributed by atoms with Crippen molar-refractivity contribution in [1.82, 2.24) is 0 Å². The zero-order valence-electron chi connectivity index (χ0n) is 55.5. The van der Waals surface area contributed by atoms with Gasteiger partial charge in [0.2, 0.25) is 0 Å². The summed E-state index contributed by atoms with van der Waals surface area (Å²) in [5.74, 6) is 0. The first kappa shape index (κ1) is 59.8. The van der Waals surface area contributed by atoms with Gasteiger partial charge < -0.3 is 19.1 Å². The standard InChI is InChI=1S/C88H77N3OSSi2/c1-93(2,3)72-47-40-66(41-48-72)91(65-31-17-12-18-32-65)71-46-54-78-84(58-71)92-87-85(78)79(62-26-24-34-70(56-62)90(64-29-15-11-16-30-64)68-44-51-74(52-45-68)95(7,8)9)59-83-86(87)77-53-39-61(57-82(77)88(83)80-37-21-19-35-75(80)76-36-20-22-38-81(76)88)60-25-23-33-69(55-60)89(63-27-13-10-14-28-63)67-42-49-73(50-43-67)94(4,5)6/h10-59H,1-9H3. The molecule has 2 aliphatic rings. The van der Waals surface area contributed by atoms with Gasteiger partial charge in [0.15, 0.2) is 0 Å². The quantitative estimate of drug-likeness (QED) is 0.101. The topological polar surface area (TPSA) is 22.9 Å². The molecule has 2 aliphatic carbocycles. The van der Waals surface area contributed by atoms with Gasteiger partial charge >= 0.3 is 0 Å². The molecule has 13 aromatic carbocycles. The summed E-state index contributed by atoms with van der Waals surface area (Å²) in [5, 5.41) is 5.03. The molecular weight excluding hydrogens is 1200 g/mol. The summed E-state index contributed by atoms with van der Waals surface area (Å²) >= 11 is 0. The highest BCUT2D eigenvalue weighted by atomic mass is 32.3. The summed E-state index contributed by atoms with van der Waals surface area (Å²) in [4.78, 5) is 8.56. The highest BCUT2D eigenvalue weighted by molar-refractivity contribution is 8.32. The molecule has 0 fully saturated rings. The molecule has 0 radical (unpaired) electrons. The van der Waals surface area contributed by atoms with E-state index in [1.54, 1.807) is 0 Å². The third kappa shape index (κ3) is 10.3. The van der Waals surface area contributed by atoms with Crippen molar-refractivity contribution in [2.75, 3.05) is 33.5 Å². The van der Waals surface area contributed by atoms with Crippen molar-refractivity contribution in [2.45, 2.75) is 49.6 Å². The summed E-state index contributed by atoms with van der Waals surface area (Å²) in [6.45, 7) is 14.5. The molecule has 0 bridgehead atoms. The maximum Gasteiger partial charge on any atom is 0.144 e. The number of hydrogen-bond donors (Lipinski definition) is 0. The Bertz CT molecular complexity index is 5190. The van der Waals surface area contributed by atoms with Crippen molar-refractivity contribution >= 4 is 110 Å². The second-order valence-electron chi connectivity index (χ2n) is 28.5. The van der Waals surface area contributed by atoms with Gasteiger partial charge in [0.05, 0.1) is 21.6 Å². The number of rotatable bonds is 14. The Morgan fingerprint density at radius 2 is 0.716 bits per heavy atom. The summed E-state index contributed by atoms with van der Waals surface area (Å²) in [6, 6.07) is 114. The number of fused-ring (bicyclic) bond motifs is 14. The van der Waals surface area contributed by atoms with Gasteiger partial charge in [-0.3, -0.25) is 0 Å². The summed E-state index contributed by atoms with van der Waals surface area (Å²) in [5.41, 5.74) is 25.2. The van der Waals surface area contributed by atoms with Crippen LogP contribution in [0.4, 0.5) is 51.2 Å². The number of anilines is 9. The first-order chi connectivity index (χ1) is 46.0. The van der Waals surface area contributed by atoms with Crippen LogP contribution in [-0.2, 0) is 5.41 Å². The van der Waals surface area contributed by atoms with E-state index in [0.717, 1.165) is 101 Å². The van der Waals surface area contributed by atoms with Gasteiger partial charge in [0.1, 0.15) is 11.2 Å². The van der Waals surface area contributed by atoms with Gasteiger partial charge in [0.25, 0.3) is 0 Å². The van der Waals surface area contributed by atoms with E-state index in [-0.39, 0.29) is 0 Å². The van der Waals surface area contributed by atoms with E-state index in [2.05, 4.69) is 376 Å². The van der Waals surface area contributed by atoms with Crippen molar-refractivity contribution in [3.05, 3.63) is 326 Å². The molecule has 4 nitrogen and oxygen atoms in total. The Balaban J connectivity index is 0.948. The Morgan fingerprint density at radius 3 is 1.21 bits per heavy atom. The van der Waals surface area contributed by atoms with Crippen LogP contribution in [0.1, 0.15) is 22.3 Å². The predicted molar refractivity (Wildman–Crippen MR) is 415 cm³/mol. The van der Waals surface area contributed by atoms with Crippen LogP contribution in [0.5, 0.6) is 0 Å². The minimum Gasteiger partial charge on any atom is -0.455 e. The number of hydrogen-bond acceptors (Lipinski definition) is 4. The predicted octanol–water partition coefficient (Wildman–Crippen LogP) is 23.8. The molecule has 16 rings (SSSR count). The van der Waals surface area contributed by atoms with E-state index in [1.165, 1.54) is 54.2 Å². The second kappa shape index (κ2) is 23.1. The Hall–Kier alpha value is -10.2. The van der Waals surface area contributed by atoms with Crippen LogP contribution in [0.3, 0.4) is 0 Å². The smallest absolute Gasteiger partial charge is 0.144 e. The fourth-order valence-electron chi connectivity index (χ4n) is 15.0. The molecule has 0 aliphatic heterocycles. The maximum atomic E-state index is 7.81. The lowest BCUT2D eigenvalue weighted by Crippen LogP contribution is -2.37. The summed E-state index contributed by atoms with van der Waals surface area (Å²) in [6.07, 6.45) is 7.07. The minimum atomic E-state index is -1.58. The third-order valence-electron chi connectivity index (χ3n) is 19.7. The number of benzene rings is 13. The van der Waals surface area contributed by atoms with Crippen molar-refractivity contribution in [3.8, 4) is 44.5 Å². The average molecular weight is 1280 g/mol. The molecule has 1 heterocycles. The monoisotopic (exact) mass is 1280 g/mol. The van der Waals surface area contributed by atoms with Gasteiger partial charge in [-0.25, -0.2) is 10.0 Å². The van der Waals surface area contributed by atoms with Crippen molar-refractivity contribution in [3.63, 3.8) is 0 Å². The van der Waals surface area contributed by atoms with Gasteiger partial charge in [0, 0.05) is 73.6 Å². The van der Waals surface area contributed by atoms with Gasteiger partial charge in [-0.1, -0.05) is 213 Å². The zero-order valence-corrected chi connectivity index (χ0v) is 58.3. The molecule has 0 atom stereocenters. The van der Waals surface area contributed by atoms with Crippen molar-refractivity contribution in [2.24, 2.45) is 0 Å². The Labute approximate surface area is 563 Å². The molecule has 0 saturated carbocycles. The van der Waals surface area contributed by atoms with Crippen LogP contribution in [0.2, 0.25) is 39.3 Å². The normalized spacial score (nSPS) is 13.1. The summed E-state index contributed by atoms with van der Waals surface area (Å²) in [7, 11) is -4.05. The lowest BCUT2D eigenvalue weighted by molar-refractivity contribution is 0.669. The molecule has 0 amide bonds. The van der Waals surface area contributed by atoms with E-state index in [0.29, 0.717) is 0 Å². The van der Waals surface area contributed by atoms with E-state index in [9.17, 15) is 0 Å². The SMILES string of the molecule is C[Si](C)(C)c1ccc(N(c2ccccc2)c2cccc(-c3ccc4c(c3)C3(c5ccccc5-c5ccccc53)c3cc(-c5cccc(N(c6ccccc6)c6ccc([Si](C)(C)C)cc6)c5)c5c(oc6cc(N(c7ccccc7)c7ccc(S(C)(C)C)cc7)ccc65)c3-4)c2)cc1. The summed E-state index contributed by atoms with van der Waals surface area (Å²) < 4.78 is 7.81.